The van der Waals surface area contributed by atoms with E-state index in [9.17, 15) is 24.3 Å². The van der Waals surface area contributed by atoms with Gasteiger partial charge >= 0.3 is 5.97 Å². The molecule has 0 aromatic rings. The Hall–Kier alpha value is -2.24. The minimum Gasteiger partial charge on any atom is -0.460 e. The highest BCUT2D eigenvalue weighted by atomic mass is 79.9. The maximum atomic E-state index is 14.6. The molecule has 1 aliphatic carbocycles. The number of hydrogen-bond donors (Lipinski definition) is 2. The molecular weight excluding hydrogens is 618 g/mol. The maximum absolute atomic E-state index is 14.6. The molecule has 0 aromatic carbocycles. The molecule has 3 heterocycles. The molecule has 43 heavy (non-hydrogen) atoms. The van der Waals surface area contributed by atoms with Gasteiger partial charge in [0.15, 0.2) is 0 Å². The van der Waals surface area contributed by atoms with Gasteiger partial charge in [-0.3, -0.25) is 19.2 Å². The fraction of sp³-hybridized carbons (Fsp3) is 0.750. The molecule has 4 rings (SSSR count). The van der Waals surface area contributed by atoms with Crippen LogP contribution >= 0.6 is 15.9 Å². The lowest BCUT2D eigenvalue weighted by Crippen LogP contribution is -2.58. The molecule has 1 spiro atoms. The Balaban J connectivity index is 1.59. The normalized spacial score (nSPS) is 30.5. The van der Waals surface area contributed by atoms with Gasteiger partial charge in [-0.1, -0.05) is 47.3 Å². The highest BCUT2D eigenvalue weighted by molar-refractivity contribution is 9.09. The van der Waals surface area contributed by atoms with E-state index >= 15 is 0 Å². The van der Waals surface area contributed by atoms with E-state index in [0.717, 1.165) is 32.1 Å². The van der Waals surface area contributed by atoms with Crippen LogP contribution in [0.4, 0.5) is 0 Å². The van der Waals surface area contributed by atoms with Gasteiger partial charge in [0.2, 0.25) is 17.7 Å². The molecule has 11 heteroatoms. The molecular formula is C32H48BrN3O7. The first-order valence-electron chi connectivity index (χ1n) is 15.9. The minimum absolute atomic E-state index is 0.0640. The van der Waals surface area contributed by atoms with Crippen LogP contribution in [-0.2, 0) is 28.7 Å². The number of fused-ring (bicyclic) bond motifs is 1. The van der Waals surface area contributed by atoms with Crippen LogP contribution in [0.15, 0.2) is 25.3 Å². The molecule has 10 nitrogen and oxygen atoms in total. The average Bonchev–Trinajstić information content (AvgIpc) is 3.59. The quantitative estimate of drug-likeness (QED) is 0.112. The van der Waals surface area contributed by atoms with Gasteiger partial charge in [-0.2, -0.15) is 0 Å². The number of hydrogen-bond acceptors (Lipinski definition) is 7. The van der Waals surface area contributed by atoms with Gasteiger partial charge in [-0.25, -0.2) is 0 Å². The Morgan fingerprint density at radius 2 is 1.95 bits per heavy atom. The summed E-state index contributed by atoms with van der Waals surface area (Å²) in [5, 5.41) is 12.1. The summed E-state index contributed by atoms with van der Waals surface area (Å²) in [5.41, 5.74) is -1.15. The molecule has 2 bridgehead atoms. The largest absolute Gasteiger partial charge is 0.460 e. The van der Waals surface area contributed by atoms with E-state index in [1.807, 2.05) is 4.90 Å². The van der Waals surface area contributed by atoms with Crippen LogP contribution in [0, 0.1) is 11.8 Å². The predicted molar refractivity (Wildman–Crippen MR) is 165 cm³/mol. The van der Waals surface area contributed by atoms with Crippen molar-refractivity contribution in [1.29, 1.82) is 0 Å². The molecule has 4 aliphatic rings. The number of halogens is 1. The van der Waals surface area contributed by atoms with Crippen molar-refractivity contribution in [2.24, 2.45) is 11.8 Å². The number of carbonyl (C=O) groups excluding carboxylic acids is 4. The molecule has 4 fully saturated rings. The molecule has 2 N–H and O–H groups in total. The Kier molecular flexibility index (Phi) is 11.9. The van der Waals surface area contributed by atoms with Gasteiger partial charge in [-0.05, 0) is 51.9 Å². The van der Waals surface area contributed by atoms with Crippen LogP contribution in [-0.4, -0.2) is 99.6 Å². The summed E-state index contributed by atoms with van der Waals surface area (Å²) in [6, 6.07) is -0.784. The van der Waals surface area contributed by atoms with Crippen LogP contribution in [0.2, 0.25) is 0 Å². The SMILES string of the molecule is C=CCCC(=O)NC[C@H](C)OC(=O)[C@H]1[C@@H]2O[C@@]3(CC2Br)[C@@H]1C(=O)N(CCCCCO)[C@@H]3C(=O)N(CC=C)C1CCCCC1. The van der Waals surface area contributed by atoms with Crippen molar-refractivity contribution in [2.75, 3.05) is 26.2 Å². The molecule has 0 radical (unpaired) electrons. The van der Waals surface area contributed by atoms with Crippen LogP contribution < -0.4 is 5.32 Å². The van der Waals surface area contributed by atoms with Crippen molar-refractivity contribution >= 4 is 39.6 Å². The van der Waals surface area contributed by atoms with Gasteiger partial charge in [0, 0.05) is 37.0 Å². The number of nitrogens with one attached hydrogen (secondary N) is 1. The first kappa shape index (κ1) is 33.6. The van der Waals surface area contributed by atoms with Crippen LogP contribution in [0.25, 0.3) is 0 Å². The van der Waals surface area contributed by atoms with E-state index in [4.69, 9.17) is 9.47 Å². The number of nitrogens with zero attached hydrogens (tertiary/aromatic N) is 2. The second-order valence-electron chi connectivity index (χ2n) is 12.4. The average molecular weight is 667 g/mol. The molecule has 7 atom stereocenters. The van der Waals surface area contributed by atoms with E-state index in [2.05, 4.69) is 34.4 Å². The zero-order valence-electron chi connectivity index (χ0n) is 25.4. The third kappa shape index (κ3) is 7.04. The fourth-order valence-corrected chi connectivity index (χ4v) is 8.44. The fourth-order valence-electron chi connectivity index (χ4n) is 7.49. The molecule has 3 amide bonds. The van der Waals surface area contributed by atoms with Crippen LogP contribution in [0.5, 0.6) is 0 Å². The summed E-state index contributed by atoms with van der Waals surface area (Å²) in [6.45, 7) is 10.2. The van der Waals surface area contributed by atoms with E-state index in [0.29, 0.717) is 51.6 Å². The van der Waals surface area contributed by atoms with Gasteiger partial charge < -0.3 is 29.7 Å². The molecule has 3 saturated heterocycles. The molecule has 3 aliphatic heterocycles. The Labute approximate surface area is 263 Å². The summed E-state index contributed by atoms with van der Waals surface area (Å²) in [5.74, 6) is -2.81. The van der Waals surface area contributed by atoms with Crippen molar-refractivity contribution in [1.82, 2.24) is 15.1 Å². The number of carbonyl (C=O) groups is 4. The van der Waals surface area contributed by atoms with E-state index < -0.39 is 41.7 Å². The topological polar surface area (TPSA) is 125 Å². The second-order valence-corrected chi connectivity index (χ2v) is 13.6. The van der Waals surface area contributed by atoms with E-state index in [-0.39, 0.29) is 41.7 Å². The van der Waals surface area contributed by atoms with Crippen molar-refractivity contribution in [3.8, 4) is 0 Å². The standard InChI is InChI=1S/C32H48BrN3O7/c1-4-6-15-24(38)34-20-21(3)42-31(41)25-26-29(39)36(17-11-8-12-18-37)28(32(26)19-23(33)27(25)43-32)30(40)35(16-5-2)22-13-9-7-10-14-22/h4-5,21-23,25-28,37H,1-2,6-20H2,3H3,(H,34,38)/t21-,23?,25+,26-,27+,28+,32-/m0/s1. The van der Waals surface area contributed by atoms with Crippen molar-refractivity contribution < 1.29 is 33.8 Å². The number of rotatable bonds is 16. The van der Waals surface area contributed by atoms with E-state index in [1.54, 1.807) is 24.0 Å². The highest BCUT2D eigenvalue weighted by Gasteiger charge is 2.77. The predicted octanol–water partition coefficient (Wildman–Crippen LogP) is 3.26. The minimum atomic E-state index is -1.15. The number of likely N-dealkylation sites (tertiary alicyclic amines) is 1. The first-order chi connectivity index (χ1) is 20.7. The zero-order valence-corrected chi connectivity index (χ0v) is 27.0. The molecule has 1 unspecified atom stereocenters. The number of alkyl halides is 1. The number of aliphatic hydroxyl groups excluding tert-OH is 1. The number of aliphatic hydroxyl groups is 1. The van der Waals surface area contributed by atoms with Gasteiger partial charge in [0.05, 0.1) is 24.5 Å². The second kappa shape index (κ2) is 15.2. The lowest BCUT2D eigenvalue weighted by Gasteiger charge is -2.41. The summed E-state index contributed by atoms with van der Waals surface area (Å²) in [4.78, 5) is 57.9. The van der Waals surface area contributed by atoms with E-state index in [1.165, 1.54) is 0 Å². The smallest absolute Gasteiger partial charge is 0.312 e. The molecule has 0 aromatic heterocycles. The van der Waals surface area contributed by atoms with Crippen LogP contribution in [0.1, 0.15) is 77.6 Å². The summed E-state index contributed by atoms with van der Waals surface area (Å²) in [7, 11) is 0. The summed E-state index contributed by atoms with van der Waals surface area (Å²) >= 11 is 3.71. The monoisotopic (exact) mass is 665 g/mol. The van der Waals surface area contributed by atoms with Crippen molar-refractivity contribution in [3.63, 3.8) is 0 Å². The molecule has 240 valence electrons. The van der Waals surface area contributed by atoms with Gasteiger partial charge in [-0.15, -0.1) is 13.2 Å². The number of unbranched alkanes of at least 4 members (excludes halogenated alkanes) is 2. The van der Waals surface area contributed by atoms with Gasteiger partial charge in [0.1, 0.15) is 17.7 Å². The highest BCUT2D eigenvalue weighted by Crippen LogP contribution is 2.60. The Bertz CT molecular complexity index is 1050. The summed E-state index contributed by atoms with van der Waals surface area (Å²) < 4.78 is 12.4. The third-order valence-electron chi connectivity index (χ3n) is 9.46. The Morgan fingerprint density at radius 3 is 2.63 bits per heavy atom. The lowest BCUT2D eigenvalue weighted by atomic mass is 9.70. The maximum Gasteiger partial charge on any atom is 0.312 e. The third-order valence-corrected chi connectivity index (χ3v) is 10.3. The number of ether oxygens (including phenoxy) is 2. The van der Waals surface area contributed by atoms with Crippen LogP contribution in [0.3, 0.4) is 0 Å². The summed E-state index contributed by atoms with van der Waals surface area (Å²) in [6.07, 6.45) is 10.5. The first-order valence-corrected chi connectivity index (χ1v) is 16.8. The number of amides is 3. The lowest BCUT2D eigenvalue weighted by molar-refractivity contribution is -0.159. The van der Waals surface area contributed by atoms with Gasteiger partial charge in [0.25, 0.3) is 0 Å². The zero-order chi connectivity index (χ0) is 31.1. The Morgan fingerprint density at radius 1 is 1.21 bits per heavy atom. The van der Waals surface area contributed by atoms with Crippen molar-refractivity contribution in [2.45, 2.75) is 112 Å². The number of allylic oxidation sites excluding steroid dienone is 1. The number of esters is 1. The van der Waals surface area contributed by atoms with Crippen molar-refractivity contribution in [3.05, 3.63) is 25.3 Å². The molecule has 1 saturated carbocycles.